The number of hydrogen-bond donors (Lipinski definition) is 0. The van der Waals surface area contributed by atoms with E-state index in [-0.39, 0.29) is 6.10 Å². The Morgan fingerprint density at radius 1 is 1.12 bits per heavy atom. The van der Waals surface area contributed by atoms with Gasteiger partial charge in [0.15, 0.2) is 11.5 Å². The van der Waals surface area contributed by atoms with Gasteiger partial charge in [-0.25, -0.2) is 4.98 Å². The number of benzene rings is 2. The Hall–Kier alpha value is -2.53. The number of aromatic nitrogens is 2. The summed E-state index contributed by atoms with van der Waals surface area (Å²) in [5, 5.41) is 0. The van der Waals surface area contributed by atoms with Crippen molar-refractivity contribution in [1.29, 1.82) is 0 Å². The van der Waals surface area contributed by atoms with E-state index in [1.165, 1.54) is 5.52 Å². The van der Waals surface area contributed by atoms with Gasteiger partial charge in [0.1, 0.15) is 5.82 Å². The van der Waals surface area contributed by atoms with E-state index < -0.39 is 0 Å². The summed E-state index contributed by atoms with van der Waals surface area (Å²) in [5.41, 5.74) is 3.34. The lowest BCUT2D eigenvalue weighted by atomic mass is 10.1. The smallest absolute Gasteiger partial charge is 0.161 e. The van der Waals surface area contributed by atoms with Crippen LogP contribution in [0.25, 0.3) is 11.0 Å². The molecule has 0 bridgehead atoms. The number of para-hydroxylation sites is 2. The molecule has 1 aliphatic heterocycles. The second kappa shape index (κ2) is 7.38. The molecule has 3 aromatic rings. The molecule has 1 unspecified atom stereocenters. The molecule has 0 N–H and O–H groups in total. The molecule has 136 valence electrons. The highest BCUT2D eigenvalue weighted by Crippen LogP contribution is 2.29. The zero-order valence-electron chi connectivity index (χ0n) is 15.3. The minimum atomic E-state index is 0.275. The summed E-state index contributed by atoms with van der Waals surface area (Å²) in [6.45, 7) is 1.71. The van der Waals surface area contributed by atoms with E-state index in [4.69, 9.17) is 19.2 Å². The third-order valence-corrected chi connectivity index (χ3v) is 4.95. The molecular formula is C21H24N2O3. The summed E-state index contributed by atoms with van der Waals surface area (Å²) in [6.07, 6.45) is 3.27. The molecule has 0 amide bonds. The highest BCUT2D eigenvalue weighted by Gasteiger charge is 2.20. The van der Waals surface area contributed by atoms with Crippen LogP contribution in [0.4, 0.5) is 0 Å². The summed E-state index contributed by atoms with van der Waals surface area (Å²) in [6, 6.07) is 14.3. The van der Waals surface area contributed by atoms with Gasteiger partial charge in [-0.2, -0.15) is 0 Å². The molecule has 1 saturated heterocycles. The van der Waals surface area contributed by atoms with Gasteiger partial charge in [0.05, 0.1) is 37.9 Å². The van der Waals surface area contributed by atoms with Gasteiger partial charge in [0.25, 0.3) is 0 Å². The van der Waals surface area contributed by atoms with Crippen molar-refractivity contribution in [2.24, 2.45) is 0 Å². The average molecular weight is 352 g/mol. The van der Waals surface area contributed by atoms with E-state index >= 15 is 0 Å². The molecular weight excluding hydrogens is 328 g/mol. The van der Waals surface area contributed by atoms with Crippen molar-refractivity contribution in [3.8, 4) is 11.5 Å². The largest absolute Gasteiger partial charge is 0.493 e. The van der Waals surface area contributed by atoms with Crippen molar-refractivity contribution >= 4 is 11.0 Å². The molecule has 1 aliphatic rings. The first kappa shape index (κ1) is 16.9. The Balaban J connectivity index is 1.69. The van der Waals surface area contributed by atoms with Crippen LogP contribution in [0.1, 0.15) is 24.2 Å². The van der Waals surface area contributed by atoms with E-state index in [2.05, 4.69) is 28.8 Å². The summed E-state index contributed by atoms with van der Waals surface area (Å²) in [7, 11) is 3.31. The monoisotopic (exact) mass is 352 g/mol. The second-order valence-corrected chi connectivity index (χ2v) is 6.63. The third kappa shape index (κ3) is 3.27. The Morgan fingerprint density at radius 3 is 2.73 bits per heavy atom. The molecule has 0 radical (unpaired) electrons. The molecule has 5 nitrogen and oxygen atoms in total. The van der Waals surface area contributed by atoms with Crippen molar-refractivity contribution < 1.29 is 14.2 Å². The maximum atomic E-state index is 5.86. The highest BCUT2D eigenvalue weighted by molar-refractivity contribution is 5.76. The maximum absolute atomic E-state index is 5.86. The lowest BCUT2D eigenvalue weighted by Crippen LogP contribution is -2.17. The van der Waals surface area contributed by atoms with Crippen molar-refractivity contribution in [1.82, 2.24) is 9.55 Å². The third-order valence-electron chi connectivity index (χ3n) is 4.95. The fraction of sp³-hybridized carbons (Fsp3) is 0.381. The Labute approximate surface area is 153 Å². The Kier molecular flexibility index (Phi) is 4.80. The number of nitrogens with zero attached hydrogens (tertiary/aromatic N) is 2. The number of rotatable bonds is 6. The van der Waals surface area contributed by atoms with Gasteiger partial charge in [0, 0.05) is 13.0 Å². The Bertz CT molecular complexity index is 897. The van der Waals surface area contributed by atoms with Crippen molar-refractivity contribution in [2.75, 3.05) is 20.8 Å². The predicted octanol–water partition coefficient (Wildman–Crippen LogP) is 3.82. The molecule has 26 heavy (non-hydrogen) atoms. The molecule has 2 heterocycles. The van der Waals surface area contributed by atoms with Gasteiger partial charge < -0.3 is 18.8 Å². The summed E-state index contributed by atoms with van der Waals surface area (Å²) in [4.78, 5) is 4.88. The molecule has 5 heteroatoms. The van der Waals surface area contributed by atoms with Crippen LogP contribution < -0.4 is 9.47 Å². The van der Waals surface area contributed by atoms with Gasteiger partial charge in [-0.05, 0) is 42.7 Å². The summed E-state index contributed by atoms with van der Waals surface area (Å²) < 4.78 is 18.9. The van der Waals surface area contributed by atoms with Crippen LogP contribution in [-0.4, -0.2) is 36.5 Å². The molecule has 0 spiro atoms. The molecule has 4 rings (SSSR count). The molecule has 0 aliphatic carbocycles. The minimum absolute atomic E-state index is 0.275. The fourth-order valence-electron chi connectivity index (χ4n) is 3.63. The van der Waals surface area contributed by atoms with Crippen molar-refractivity contribution in [3.63, 3.8) is 0 Å². The number of imidazole rings is 1. The molecule has 1 atom stereocenters. The van der Waals surface area contributed by atoms with E-state index in [1.807, 2.05) is 18.2 Å². The van der Waals surface area contributed by atoms with Crippen LogP contribution in [0.15, 0.2) is 42.5 Å². The van der Waals surface area contributed by atoms with Gasteiger partial charge in [-0.3, -0.25) is 0 Å². The first-order valence-electron chi connectivity index (χ1n) is 9.05. The zero-order chi connectivity index (χ0) is 17.9. The average Bonchev–Trinajstić information content (AvgIpc) is 3.30. The predicted molar refractivity (Wildman–Crippen MR) is 101 cm³/mol. The van der Waals surface area contributed by atoms with E-state index in [9.17, 15) is 0 Å². The lowest BCUT2D eigenvalue weighted by molar-refractivity contribution is 0.0973. The van der Waals surface area contributed by atoms with Crippen LogP contribution in [0.3, 0.4) is 0 Å². The van der Waals surface area contributed by atoms with Gasteiger partial charge in [0.2, 0.25) is 0 Å². The van der Waals surface area contributed by atoms with Crippen LogP contribution in [0.2, 0.25) is 0 Å². The first-order chi connectivity index (χ1) is 12.8. The van der Waals surface area contributed by atoms with Crippen molar-refractivity contribution in [2.45, 2.75) is 31.9 Å². The standard InChI is InChI=1S/C21H24N2O3/c1-24-19-10-9-15(12-20(19)25-2)13-21-22-17-7-3-4-8-18(17)23(21)14-16-6-5-11-26-16/h3-4,7-10,12,16H,5-6,11,13-14H2,1-2H3. The molecule has 0 saturated carbocycles. The minimum Gasteiger partial charge on any atom is -0.493 e. The number of ether oxygens (including phenoxy) is 3. The van der Waals surface area contributed by atoms with E-state index in [0.717, 1.165) is 60.8 Å². The van der Waals surface area contributed by atoms with Crippen LogP contribution in [-0.2, 0) is 17.7 Å². The normalized spacial score (nSPS) is 16.9. The maximum Gasteiger partial charge on any atom is 0.161 e. The van der Waals surface area contributed by atoms with Gasteiger partial charge >= 0.3 is 0 Å². The fourth-order valence-corrected chi connectivity index (χ4v) is 3.63. The molecule has 2 aromatic carbocycles. The van der Waals surface area contributed by atoms with E-state index in [0.29, 0.717) is 0 Å². The topological polar surface area (TPSA) is 45.5 Å². The highest BCUT2D eigenvalue weighted by atomic mass is 16.5. The summed E-state index contributed by atoms with van der Waals surface area (Å²) >= 11 is 0. The molecule has 1 aromatic heterocycles. The number of fused-ring (bicyclic) bond motifs is 1. The van der Waals surface area contributed by atoms with Crippen molar-refractivity contribution in [3.05, 3.63) is 53.9 Å². The van der Waals surface area contributed by atoms with Crippen LogP contribution in [0, 0.1) is 0 Å². The van der Waals surface area contributed by atoms with Crippen LogP contribution in [0.5, 0.6) is 11.5 Å². The molecule has 1 fully saturated rings. The van der Waals surface area contributed by atoms with Gasteiger partial charge in [-0.15, -0.1) is 0 Å². The van der Waals surface area contributed by atoms with E-state index in [1.54, 1.807) is 14.2 Å². The Morgan fingerprint density at radius 2 is 1.96 bits per heavy atom. The quantitative estimate of drug-likeness (QED) is 0.676. The number of methoxy groups -OCH3 is 2. The summed E-state index contributed by atoms with van der Waals surface area (Å²) in [5.74, 6) is 2.53. The number of hydrogen-bond acceptors (Lipinski definition) is 4. The first-order valence-corrected chi connectivity index (χ1v) is 9.05. The van der Waals surface area contributed by atoms with Gasteiger partial charge in [-0.1, -0.05) is 18.2 Å². The zero-order valence-corrected chi connectivity index (χ0v) is 15.3. The second-order valence-electron chi connectivity index (χ2n) is 6.63. The SMILES string of the molecule is COc1ccc(Cc2nc3ccccc3n2CC2CCCO2)cc1OC. The van der Waals surface area contributed by atoms with Crippen LogP contribution >= 0.6 is 0 Å². The lowest BCUT2D eigenvalue weighted by Gasteiger charge is -2.15.